The molecule has 3 N–H and O–H groups in total. The van der Waals surface area contributed by atoms with Gasteiger partial charge in [-0.1, -0.05) is 0 Å². The smallest absolute Gasteiger partial charge is 0.0933 e. The first-order valence-corrected chi connectivity index (χ1v) is 5.49. The first-order chi connectivity index (χ1) is 5.81. The van der Waals surface area contributed by atoms with Crippen LogP contribution < -0.4 is 5.32 Å². The highest BCUT2D eigenvalue weighted by Gasteiger charge is 2.40. The molecule has 80 valence electrons. The Labute approximate surface area is 86.7 Å². The molecule has 0 bridgehead atoms. The van der Waals surface area contributed by atoms with E-state index in [1.54, 1.807) is 0 Å². The van der Waals surface area contributed by atoms with E-state index in [2.05, 4.69) is 44.6 Å². The third-order valence-electron chi connectivity index (χ3n) is 2.30. The molecule has 3 heteroatoms. The maximum Gasteiger partial charge on any atom is 0.0933 e. The normalized spacial score (nSPS) is 26.1. The number of aliphatic hydroxyl groups excluding tert-OH is 1. The Morgan fingerprint density at radius 2 is 1.38 bits per heavy atom. The van der Waals surface area contributed by atoms with E-state index >= 15 is 0 Å². The molecule has 0 aromatic heterocycles. The summed E-state index contributed by atoms with van der Waals surface area (Å²) in [6, 6.07) is 0. The quantitative estimate of drug-likeness (QED) is 0.576. The second-order valence-corrected chi connectivity index (χ2v) is 5.18. The summed E-state index contributed by atoms with van der Waals surface area (Å²) in [5, 5.41) is 11.9. The van der Waals surface area contributed by atoms with Crippen LogP contribution in [0.25, 0.3) is 0 Å². The molecule has 1 aliphatic heterocycles. The molecule has 1 rings (SSSR count). The standard InChI is InChI=1S/C9H19NO.CH3Cl/c1-8(2)5-7(11)6-9(3,4)10-8;1-2/h7,10-11H,5-6H2,1-4H3;1H3/p+1. The molecule has 0 amide bonds. The van der Waals surface area contributed by atoms with E-state index in [1.165, 1.54) is 6.38 Å². The first kappa shape index (κ1) is 13.2. The molecule has 0 saturated carbocycles. The molecule has 0 unspecified atom stereocenters. The number of rotatable bonds is 0. The number of halogens is 1. The SMILES string of the molecule is CC1(C)CC(O)CC(C)(C)[NH2+]1.CCl. The molecule has 0 spiro atoms. The highest BCUT2D eigenvalue weighted by molar-refractivity contribution is 6.15. The number of aliphatic hydroxyl groups is 1. The molecule has 0 aromatic carbocycles. The Morgan fingerprint density at radius 3 is 1.62 bits per heavy atom. The second-order valence-electron chi connectivity index (χ2n) is 5.18. The van der Waals surface area contributed by atoms with Crippen molar-refractivity contribution in [2.45, 2.75) is 57.7 Å². The molecule has 0 atom stereocenters. The van der Waals surface area contributed by atoms with Gasteiger partial charge in [0.05, 0.1) is 17.2 Å². The van der Waals surface area contributed by atoms with Crippen LogP contribution in [0.3, 0.4) is 0 Å². The number of alkyl halides is 1. The summed E-state index contributed by atoms with van der Waals surface area (Å²) in [6.07, 6.45) is 3.19. The van der Waals surface area contributed by atoms with E-state index in [1.807, 2.05) is 0 Å². The van der Waals surface area contributed by atoms with Gasteiger partial charge < -0.3 is 10.4 Å². The van der Waals surface area contributed by atoms with E-state index in [-0.39, 0.29) is 17.2 Å². The highest BCUT2D eigenvalue weighted by Crippen LogP contribution is 2.20. The molecule has 1 heterocycles. The van der Waals surface area contributed by atoms with Gasteiger partial charge in [0.2, 0.25) is 0 Å². The Bertz CT molecular complexity index is 141. The van der Waals surface area contributed by atoms with Crippen molar-refractivity contribution in [3.8, 4) is 0 Å². The molecule has 2 nitrogen and oxygen atoms in total. The fourth-order valence-corrected chi connectivity index (χ4v) is 2.46. The zero-order chi connectivity index (χ0) is 10.7. The van der Waals surface area contributed by atoms with Crippen molar-refractivity contribution in [2.75, 3.05) is 6.38 Å². The molecule has 1 saturated heterocycles. The van der Waals surface area contributed by atoms with Gasteiger partial charge >= 0.3 is 0 Å². The number of nitrogens with two attached hydrogens (primary N) is 1. The molecule has 0 aromatic rings. The van der Waals surface area contributed by atoms with Crippen molar-refractivity contribution in [3.05, 3.63) is 0 Å². The second kappa shape index (κ2) is 4.63. The van der Waals surface area contributed by atoms with Gasteiger partial charge in [-0.25, -0.2) is 0 Å². The average Bonchev–Trinajstić information content (AvgIpc) is 1.82. The van der Waals surface area contributed by atoms with Crippen molar-refractivity contribution in [1.29, 1.82) is 0 Å². The molecule has 0 radical (unpaired) electrons. The van der Waals surface area contributed by atoms with Crippen LogP contribution in [0.5, 0.6) is 0 Å². The zero-order valence-corrected chi connectivity index (χ0v) is 10.2. The van der Waals surface area contributed by atoms with Crippen LogP contribution in [0.15, 0.2) is 0 Å². The number of hydrogen-bond donors (Lipinski definition) is 2. The summed E-state index contributed by atoms with van der Waals surface area (Å²) in [5.74, 6) is 0. The van der Waals surface area contributed by atoms with Crippen LogP contribution >= 0.6 is 11.6 Å². The highest BCUT2D eigenvalue weighted by atomic mass is 35.5. The van der Waals surface area contributed by atoms with E-state index in [0.717, 1.165) is 12.8 Å². The minimum Gasteiger partial charge on any atom is -0.393 e. The van der Waals surface area contributed by atoms with Crippen molar-refractivity contribution in [1.82, 2.24) is 0 Å². The third kappa shape index (κ3) is 4.84. The lowest BCUT2D eigenvalue weighted by Crippen LogP contribution is -3.05. The lowest BCUT2D eigenvalue weighted by molar-refractivity contribution is -0.789. The largest absolute Gasteiger partial charge is 0.393 e. The minimum atomic E-state index is -0.106. The molecule has 1 fully saturated rings. The van der Waals surface area contributed by atoms with Crippen molar-refractivity contribution in [3.63, 3.8) is 0 Å². The predicted molar refractivity (Wildman–Crippen MR) is 57.1 cm³/mol. The van der Waals surface area contributed by atoms with E-state index in [9.17, 15) is 5.11 Å². The lowest BCUT2D eigenvalue weighted by Gasteiger charge is -2.41. The third-order valence-corrected chi connectivity index (χ3v) is 2.30. The van der Waals surface area contributed by atoms with Crippen LogP contribution in [0.2, 0.25) is 0 Å². The predicted octanol–water partition coefficient (Wildman–Crippen LogP) is 1.12. The van der Waals surface area contributed by atoms with Gasteiger partial charge in [0.1, 0.15) is 0 Å². The van der Waals surface area contributed by atoms with Gasteiger partial charge in [-0.2, -0.15) is 0 Å². The Kier molecular flexibility index (Phi) is 4.70. The van der Waals surface area contributed by atoms with Crippen molar-refractivity contribution in [2.24, 2.45) is 0 Å². The van der Waals surface area contributed by atoms with Gasteiger partial charge in [0.15, 0.2) is 0 Å². The molecule has 1 aliphatic rings. The molecule has 13 heavy (non-hydrogen) atoms. The first-order valence-electron chi connectivity index (χ1n) is 4.74. The van der Waals surface area contributed by atoms with Gasteiger partial charge in [-0.05, 0) is 27.7 Å². The molecular formula is C10H23ClNO+. The van der Waals surface area contributed by atoms with Crippen LogP contribution in [0, 0.1) is 0 Å². The van der Waals surface area contributed by atoms with Crippen LogP contribution in [-0.4, -0.2) is 28.7 Å². The Morgan fingerprint density at radius 1 is 1.08 bits per heavy atom. The average molecular weight is 209 g/mol. The van der Waals surface area contributed by atoms with E-state index in [4.69, 9.17) is 0 Å². The Hall–Kier alpha value is 0.210. The summed E-state index contributed by atoms with van der Waals surface area (Å²) >= 11 is 4.64. The maximum atomic E-state index is 9.56. The monoisotopic (exact) mass is 208 g/mol. The summed E-state index contributed by atoms with van der Waals surface area (Å²) in [5.41, 5.74) is 0.419. The van der Waals surface area contributed by atoms with Gasteiger partial charge in [0.25, 0.3) is 0 Å². The van der Waals surface area contributed by atoms with E-state index < -0.39 is 0 Å². The summed E-state index contributed by atoms with van der Waals surface area (Å²) in [7, 11) is 0. The van der Waals surface area contributed by atoms with Crippen molar-refractivity contribution >= 4 is 11.6 Å². The van der Waals surface area contributed by atoms with Crippen LogP contribution in [0.1, 0.15) is 40.5 Å². The number of quaternary nitrogens is 1. The zero-order valence-electron chi connectivity index (χ0n) is 9.39. The van der Waals surface area contributed by atoms with Gasteiger partial charge in [-0.15, -0.1) is 11.6 Å². The fourth-order valence-electron chi connectivity index (χ4n) is 2.46. The van der Waals surface area contributed by atoms with E-state index in [0.29, 0.717) is 0 Å². The van der Waals surface area contributed by atoms with Gasteiger partial charge in [0, 0.05) is 19.2 Å². The minimum absolute atomic E-state index is 0.106. The Balaban J connectivity index is 0.000000671. The number of hydrogen-bond acceptors (Lipinski definition) is 1. The summed E-state index contributed by atoms with van der Waals surface area (Å²) < 4.78 is 0. The fraction of sp³-hybridized carbons (Fsp3) is 1.00. The summed E-state index contributed by atoms with van der Waals surface area (Å²) in [4.78, 5) is 0. The molecule has 0 aliphatic carbocycles. The lowest BCUT2D eigenvalue weighted by atomic mass is 9.81. The van der Waals surface area contributed by atoms with Crippen LogP contribution in [0.4, 0.5) is 0 Å². The van der Waals surface area contributed by atoms with Crippen molar-refractivity contribution < 1.29 is 10.4 Å². The maximum absolute atomic E-state index is 9.56. The topological polar surface area (TPSA) is 36.8 Å². The number of piperidine rings is 1. The van der Waals surface area contributed by atoms with Gasteiger partial charge in [-0.3, -0.25) is 0 Å². The van der Waals surface area contributed by atoms with Crippen LogP contribution in [-0.2, 0) is 0 Å². The molecular weight excluding hydrogens is 186 g/mol. The summed E-state index contributed by atoms with van der Waals surface area (Å²) in [6.45, 7) is 8.77.